The average molecular weight is 153 g/mol. The normalized spacial score (nSPS) is 10.4. The number of sulfone groups is 1. The van der Waals surface area contributed by atoms with Gasteiger partial charge in [-0.2, -0.15) is 0 Å². The summed E-state index contributed by atoms with van der Waals surface area (Å²) in [6.45, 7) is 0.541. The van der Waals surface area contributed by atoms with E-state index in [4.69, 9.17) is 0 Å². The Hall–Kier alpha value is -0.0900. The largest absolute Gasteiger partial charge is 0.319 e. The fourth-order valence-corrected chi connectivity index (χ4v) is 0.862. The van der Waals surface area contributed by atoms with Crippen LogP contribution in [0.15, 0.2) is 0 Å². The second kappa shape index (κ2) is 4.76. The SMILES string of the molecule is C.CNCCS(C)(=O)=O. The summed E-state index contributed by atoms with van der Waals surface area (Å²) in [6.07, 6.45) is 1.23. The monoisotopic (exact) mass is 153 g/mol. The molecule has 0 atom stereocenters. The molecule has 9 heavy (non-hydrogen) atoms. The highest BCUT2D eigenvalue weighted by Crippen LogP contribution is 1.77. The molecule has 0 aromatic carbocycles. The minimum absolute atomic E-state index is 0. The van der Waals surface area contributed by atoms with Crippen LogP contribution in [0.4, 0.5) is 0 Å². The summed E-state index contributed by atoms with van der Waals surface area (Å²) < 4.78 is 20.7. The van der Waals surface area contributed by atoms with Crippen molar-refractivity contribution in [2.75, 3.05) is 25.6 Å². The Morgan fingerprint density at radius 1 is 1.44 bits per heavy atom. The van der Waals surface area contributed by atoms with Crippen molar-refractivity contribution in [1.82, 2.24) is 5.32 Å². The van der Waals surface area contributed by atoms with Gasteiger partial charge in [0.05, 0.1) is 5.75 Å². The van der Waals surface area contributed by atoms with Crippen molar-refractivity contribution >= 4 is 9.84 Å². The molecule has 0 aliphatic heterocycles. The van der Waals surface area contributed by atoms with Crippen LogP contribution < -0.4 is 5.32 Å². The Kier molecular flexibility index (Phi) is 6.17. The second-order valence-electron chi connectivity index (χ2n) is 1.73. The predicted molar refractivity (Wildman–Crippen MR) is 40.4 cm³/mol. The standard InChI is InChI=1S/C4H11NO2S.CH4/c1-5-3-4-8(2,6)7;/h5H,3-4H2,1-2H3;1H4. The van der Waals surface area contributed by atoms with E-state index in [1.807, 2.05) is 0 Å². The molecular weight excluding hydrogens is 138 g/mol. The fraction of sp³-hybridized carbons (Fsp3) is 1.00. The summed E-state index contributed by atoms with van der Waals surface area (Å²) in [6, 6.07) is 0. The van der Waals surface area contributed by atoms with Crippen molar-refractivity contribution in [2.24, 2.45) is 0 Å². The zero-order valence-corrected chi connectivity index (χ0v) is 5.96. The number of hydrogen-bond acceptors (Lipinski definition) is 3. The highest BCUT2D eigenvalue weighted by atomic mass is 32.2. The van der Waals surface area contributed by atoms with Gasteiger partial charge in [0.2, 0.25) is 0 Å². The lowest BCUT2D eigenvalue weighted by molar-refractivity contribution is 0.599. The lowest BCUT2D eigenvalue weighted by Crippen LogP contribution is -2.17. The molecule has 0 radical (unpaired) electrons. The molecule has 0 aliphatic carbocycles. The van der Waals surface area contributed by atoms with Crippen molar-refractivity contribution in [2.45, 2.75) is 7.43 Å². The molecule has 0 aromatic rings. The van der Waals surface area contributed by atoms with Crippen LogP contribution >= 0.6 is 0 Å². The predicted octanol–water partition coefficient (Wildman–Crippen LogP) is -0.113. The molecule has 0 aliphatic rings. The van der Waals surface area contributed by atoms with Gasteiger partial charge in [-0.1, -0.05) is 7.43 Å². The van der Waals surface area contributed by atoms with Gasteiger partial charge in [-0.25, -0.2) is 8.42 Å². The third-order valence-corrected chi connectivity index (χ3v) is 1.67. The molecule has 0 spiro atoms. The molecule has 0 heterocycles. The van der Waals surface area contributed by atoms with E-state index in [9.17, 15) is 8.42 Å². The maximum absolute atomic E-state index is 10.4. The van der Waals surface area contributed by atoms with Crippen LogP contribution in [-0.2, 0) is 9.84 Å². The minimum atomic E-state index is -2.75. The van der Waals surface area contributed by atoms with Gasteiger partial charge in [0.25, 0.3) is 0 Å². The maximum Gasteiger partial charge on any atom is 0.148 e. The number of rotatable bonds is 3. The van der Waals surface area contributed by atoms with Crippen molar-refractivity contribution in [1.29, 1.82) is 0 Å². The van der Waals surface area contributed by atoms with Crippen molar-refractivity contribution in [3.63, 3.8) is 0 Å². The molecule has 0 bridgehead atoms. The molecule has 4 heteroatoms. The average Bonchev–Trinajstić information content (AvgIpc) is 1.59. The Balaban J connectivity index is 0. The van der Waals surface area contributed by atoms with E-state index in [-0.39, 0.29) is 13.2 Å². The van der Waals surface area contributed by atoms with Gasteiger partial charge in [0, 0.05) is 12.8 Å². The Labute approximate surface area is 57.4 Å². The summed E-state index contributed by atoms with van der Waals surface area (Å²) in [5, 5.41) is 2.75. The zero-order chi connectivity index (χ0) is 6.62. The van der Waals surface area contributed by atoms with E-state index in [1.54, 1.807) is 7.05 Å². The maximum atomic E-state index is 10.4. The second-order valence-corrected chi connectivity index (χ2v) is 3.99. The molecule has 0 rings (SSSR count). The fourth-order valence-electron chi connectivity index (χ4n) is 0.287. The zero-order valence-electron chi connectivity index (χ0n) is 5.14. The van der Waals surface area contributed by atoms with E-state index in [0.29, 0.717) is 6.54 Å². The van der Waals surface area contributed by atoms with Crippen LogP contribution in [0, 0.1) is 0 Å². The van der Waals surface area contributed by atoms with Crippen molar-refractivity contribution in [3.8, 4) is 0 Å². The van der Waals surface area contributed by atoms with Crippen LogP contribution in [0.25, 0.3) is 0 Å². The van der Waals surface area contributed by atoms with E-state index in [0.717, 1.165) is 0 Å². The van der Waals surface area contributed by atoms with Gasteiger partial charge < -0.3 is 5.32 Å². The van der Waals surface area contributed by atoms with Gasteiger partial charge in [0.15, 0.2) is 0 Å². The Bertz CT molecular complexity index is 139. The summed E-state index contributed by atoms with van der Waals surface area (Å²) >= 11 is 0. The molecule has 0 fully saturated rings. The van der Waals surface area contributed by atoms with E-state index in [1.165, 1.54) is 6.26 Å². The quantitative estimate of drug-likeness (QED) is 0.615. The molecule has 3 nitrogen and oxygen atoms in total. The summed E-state index contributed by atoms with van der Waals surface area (Å²) in [5.74, 6) is 0.226. The van der Waals surface area contributed by atoms with Crippen LogP contribution in [0.3, 0.4) is 0 Å². The minimum Gasteiger partial charge on any atom is -0.319 e. The smallest absolute Gasteiger partial charge is 0.148 e. The third-order valence-electron chi connectivity index (χ3n) is 0.723. The molecule has 0 unspecified atom stereocenters. The third kappa shape index (κ3) is 11.5. The highest BCUT2D eigenvalue weighted by molar-refractivity contribution is 7.90. The Morgan fingerprint density at radius 2 is 1.89 bits per heavy atom. The molecule has 0 amide bonds. The van der Waals surface area contributed by atoms with Gasteiger partial charge in [-0.15, -0.1) is 0 Å². The number of hydrogen-bond donors (Lipinski definition) is 1. The van der Waals surface area contributed by atoms with Crippen molar-refractivity contribution < 1.29 is 8.42 Å². The van der Waals surface area contributed by atoms with Crippen LogP contribution in [0.1, 0.15) is 7.43 Å². The van der Waals surface area contributed by atoms with Gasteiger partial charge >= 0.3 is 0 Å². The lowest BCUT2D eigenvalue weighted by Gasteiger charge is -1.93. The van der Waals surface area contributed by atoms with E-state index < -0.39 is 9.84 Å². The summed E-state index contributed by atoms with van der Waals surface area (Å²) in [7, 11) is -1.02. The Morgan fingerprint density at radius 3 is 2.00 bits per heavy atom. The molecule has 0 saturated heterocycles. The molecule has 0 aromatic heterocycles. The lowest BCUT2D eigenvalue weighted by atomic mass is 10.8. The van der Waals surface area contributed by atoms with E-state index >= 15 is 0 Å². The summed E-state index contributed by atoms with van der Waals surface area (Å²) in [4.78, 5) is 0. The van der Waals surface area contributed by atoms with Gasteiger partial charge in [-0.3, -0.25) is 0 Å². The van der Waals surface area contributed by atoms with Crippen LogP contribution in [0.5, 0.6) is 0 Å². The number of nitrogens with one attached hydrogen (secondary N) is 1. The summed E-state index contributed by atoms with van der Waals surface area (Å²) in [5.41, 5.74) is 0. The van der Waals surface area contributed by atoms with Crippen molar-refractivity contribution in [3.05, 3.63) is 0 Å². The van der Waals surface area contributed by atoms with Gasteiger partial charge in [0.1, 0.15) is 9.84 Å². The van der Waals surface area contributed by atoms with E-state index in [2.05, 4.69) is 5.32 Å². The molecule has 58 valence electrons. The molecule has 0 saturated carbocycles. The first-order valence-electron chi connectivity index (χ1n) is 2.38. The molecular formula is C5H15NO2S. The van der Waals surface area contributed by atoms with Crippen LogP contribution in [0.2, 0.25) is 0 Å². The first-order valence-corrected chi connectivity index (χ1v) is 4.44. The molecule has 1 N–H and O–H groups in total. The first-order chi connectivity index (χ1) is 3.56. The van der Waals surface area contributed by atoms with Gasteiger partial charge in [-0.05, 0) is 7.05 Å². The van der Waals surface area contributed by atoms with Crippen LogP contribution in [-0.4, -0.2) is 34.0 Å². The topological polar surface area (TPSA) is 46.2 Å². The first kappa shape index (κ1) is 11.7. The highest BCUT2D eigenvalue weighted by Gasteiger charge is 1.97.